The third-order valence-corrected chi connectivity index (χ3v) is 3.14. The van der Waals surface area contributed by atoms with E-state index in [4.69, 9.17) is 9.84 Å². The Morgan fingerprint density at radius 3 is 2.36 bits per heavy atom. The summed E-state index contributed by atoms with van der Waals surface area (Å²) >= 11 is 0. The van der Waals surface area contributed by atoms with E-state index in [0.29, 0.717) is 11.3 Å². The van der Waals surface area contributed by atoms with E-state index in [1.165, 1.54) is 36.4 Å². The Balaban J connectivity index is 2.06. The summed E-state index contributed by atoms with van der Waals surface area (Å²) in [5.41, 5.74) is -0.331. The van der Waals surface area contributed by atoms with Crippen LogP contribution in [-0.4, -0.2) is 23.5 Å². The van der Waals surface area contributed by atoms with Crippen LogP contribution >= 0.6 is 0 Å². The minimum Gasteiger partial charge on any atom is -0.482 e. The number of aliphatic carboxylic acids is 1. The standard InChI is InChI=1S/C18H13F3O4/c19-18(20,21)14-3-1-2-13(10-14)16(22)9-6-12-4-7-15(8-5-12)25-11-17(23)24/h1-10H,11H2,(H,23,24)/b9-6-. The number of carbonyl (C=O) groups is 2. The van der Waals surface area contributed by atoms with E-state index < -0.39 is 30.1 Å². The van der Waals surface area contributed by atoms with Crippen LogP contribution in [0.1, 0.15) is 21.5 Å². The number of allylic oxidation sites excluding steroid dienone is 1. The third kappa shape index (κ3) is 5.49. The minimum atomic E-state index is -4.51. The van der Waals surface area contributed by atoms with Crippen LogP contribution in [0.25, 0.3) is 6.08 Å². The maximum absolute atomic E-state index is 12.7. The van der Waals surface area contributed by atoms with Crippen molar-refractivity contribution in [1.82, 2.24) is 0 Å². The molecule has 0 aliphatic heterocycles. The number of hydrogen-bond acceptors (Lipinski definition) is 3. The normalized spacial score (nSPS) is 11.5. The van der Waals surface area contributed by atoms with Crippen molar-refractivity contribution in [3.05, 3.63) is 71.3 Å². The second-order valence-corrected chi connectivity index (χ2v) is 5.03. The fourth-order valence-corrected chi connectivity index (χ4v) is 1.94. The maximum Gasteiger partial charge on any atom is 0.416 e. The first-order valence-electron chi connectivity index (χ1n) is 7.10. The van der Waals surface area contributed by atoms with E-state index in [2.05, 4.69) is 0 Å². The Hall–Kier alpha value is -3.09. The zero-order valence-electron chi connectivity index (χ0n) is 12.8. The predicted molar refractivity (Wildman–Crippen MR) is 84.4 cm³/mol. The number of carboxylic acids is 1. The van der Waals surface area contributed by atoms with Crippen molar-refractivity contribution in [3.63, 3.8) is 0 Å². The van der Waals surface area contributed by atoms with Crippen LogP contribution in [0.5, 0.6) is 5.75 Å². The molecule has 7 heteroatoms. The number of ether oxygens (including phenoxy) is 1. The monoisotopic (exact) mass is 350 g/mol. The van der Waals surface area contributed by atoms with Crippen LogP contribution in [0.3, 0.4) is 0 Å². The number of rotatable bonds is 6. The zero-order chi connectivity index (χ0) is 18.4. The topological polar surface area (TPSA) is 63.6 Å². The van der Waals surface area contributed by atoms with Crippen molar-refractivity contribution in [1.29, 1.82) is 0 Å². The molecule has 4 nitrogen and oxygen atoms in total. The number of halogens is 3. The van der Waals surface area contributed by atoms with Crippen molar-refractivity contribution >= 4 is 17.8 Å². The molecule has 0 heterocycles. The second-order valence-electron chi connectivity index (χ2n) is 5.03. The van der Waals surface area contributed by atoms with Gasteiger partial charge in [0.15, 0.2) is 12.4 Å². The Bertz CT molecular complexity index is 793. The summed E-state index contributed by atoms with van der Waals surface area (Å²) < 4.78 is 42.9. The summed E-state index contributed by atoms with van der Waals surface area (Å²) in [5.74, 6) is -1.31. The van der Waals surface area contributed by atoms with Gasteiger partial charge in [-0.05, 0) is 35.9 Å². The molecular formula is C18H13F3O4. The molecule has 0 amide bonds. The van der Waals surface area contributed by atoms with Gasteiger partial charge in [0.2, 0.25) is 0 Å². The smallest absolute Gasteiger partial charge is 0.416 e. The SMILES string of the molecule is O=C(O)COc1ccc(/C=C\C(=O)c2cccc(C(F)(F)F)c2)cc1. The Kier molecular flexibility index (Phi) is 5.59. The van der Waals surface area contributed by atoms with Crippen LogP contribution in [-0.2, 0) is 11.0 Å². The van der Waals surface area contributed by atoms with Crippen molar-refractivity contribution in [2.45, 2.75) is 6.18 Å². The lowest BCUT2D eigenvalue weighted by Gasteiger charge is -2.07. The van der Waals surface area contributed by atoms with Crippen LogP contribution < -0.4 is 4.74 Å². The largest absolute Gasteiger partial charge is 0.482 e. The highest BCUT2D eigenvalue weighted by atomic mass is 19.4. The van der Waals surface area contributed by atoms with E-state index in [1.807, 2.05) is 0 Å². The highest BCUT2D eigenvalue weighted by Gasteiger charge is 2.30. The summed E-state index contributed by atoms with van der Waals surface area (Å²) in [6.45, 7) is -0.469. The van der Waals surface area contributed by atoms with E-state index >= 15 is 0 Å². The van der Waals surface area contributed by atoms with Gasteiger partial charge in [-0.3, -0.25) is 4.79 Å². The summed E-state index contributed by atoms with van der Waals surface area (Å²) in [6, 6.07) is 10.4. The molecule has 130 valence electrons. The molecule has 2 rings (SSSR count). The van der Waals surface area contributed by atoms with Crippen LogP contribution in [0.4, 0.5) is 13.2 Å². The molecule has 0 bridgehead atoms. The van der Waals surface area contributed by atoms with Gasteiger partial charge < -0.3 is 9.84 Å². The van der Waals surface area contributed by atoms with Gasteiger partial charge in [-0.1, -0.05) is 30.3 Å². The molecule has 0 saturated heterocycles. The third-order valence-electron chi connectivity index (χ3n) is 3.14. The van der Waals surface area contributed by atoms with Crippen molar-refractivity contribution in [2.75, 3.05) is 6.61 Å². The van der Waals surface area contributed by atoms with E-state index in [9.17, 15) is 22.8 Å². The fourth-order valence-electron chi connectivity index (χ4n) is 1.94. The summed E-state index contributed by atoms with van der Waals surface area (Å²) in [4.78, 5) is 22.4. The first kappa shape index (κ1) is 18.3. The molecule has 0 aliphatic carbocycles. The van der Waals surface area contributed by atoms with Gasteiger partial charge in [0, 0.05) is 5.56 Å². The molecule has 0 atom stereocenters. The lowest BCUT2D eigenvalue weighted by molar-refractivity contribution is -0.139. The molecule has 0 unspecified atom stereocenters. The molecule has 0 aliphatic rings. The number of alkyl halides is 3. The molecule has 0 saturated carbocycles. The molecule has 0 aromatic heterocycles. The predicted octanol–water partition coefficient (Wildman–Crippen LogP) is 4.06. The highest BCUT2D eigenvalue weighted by molar-refractivity contribution is 6.06. The van der Waals surface area contributed by atoms with E-state index in [-0.39, 0.29) is 5.56 Å². The number of carbonyl (C=O) groups excluding carboxylic acids is 1. The van der Waals surface area contributed by atoms with E-state index in [1.54, 1.807) is 12.1 Å². The zero-order valence-corrected chi connectivity index (χ0v) is 12.8. The van der Waals surface area contributed by atoms with Crippen LogP contribution in [0.2, 0.25) is 0 Å². The molecule has 0 radical (unpaired) electrons. The molecule has 0 fully saturated rings. The molecule has 25 heavy (non-hydrogen) atoms. The number of hydrogen-bond donors (Lipinski definition) is 1. The number of ketones is 1. The van der Waals surface area contributed by atoms with Gasteiger partial charge in [0.1, 0.15) is 5.75 Å². The molecule has 1 N–H and O–H groups in total. The molecule has 2 aromatic rings. The van der Waals surface area contributed by atoms with E-state index in [0.717, 1.165) is 12.1 Å². The summed E-state index contributed by atoms with van der Waals surface area (Å²) in [7, 11) is 0. The second kappa shape index (κ2) is 7.65. The Morgan fingerprint density at radius 2 is 1.76 bits per heavy atom. The van der Waals surface area contributed by atoms with Crippen molar-refractivity contribution in [2.24, 2.45) is 0 Å². The highest BCUT2D eigenvalue weighted by Crippen LogP contribution is 2.29. The van der Waals surface area contributed by atoms with Crippen molar-refractivity contribution < 1.29 is 32.6 Å². The Morgan fingerprint density at radius 1 is 1.08 bits per heavy atom. The van der Waals surface area contributed by atoms with Crippen LogP contribution in [0.15, 0.2) is 54.6 Å². The lowest BCUT2D eigenvalue weighted by atomic mass is 10.1. The van der Waals surface area contributed by atoms with Gasteiger partial charge in [-0.25, -0.2) is 4.79 Å². The lowest BCUT2D eigenvalue weighted by Crippen LogP contribution is -2.09. The van der Waals surface area contributed by atoms with Gasteiger partial charge in [0.05, 0.1) is 5.56 Å². The molecule has 0 spiro atoms. The average Bonchev–Trinajstić information content (AvgIpc) is 2.58. The summed E-state index contributed by atoms with van der Waals surface area (Å²) in [6.07, 6.45) is -1.89. The van der Waals surface area contributed by atoms with Gasteiger partial charge >= 0.3 is 12.1 Å². The van der Waals surface area contributed by atoms with Crippen molar-refractivity contribution in [3.8, 4) is 5.75 Å². The Labute approximate surface area is 141 Å². The van der Waals surface area contributed by atoms with Gasteiger partial charge in [0.25, 0.3) is 0 Å². The first-order valence-corrected chi connectivity index (χ1v) is 7.10. The van der Waals surface area contributed by atoms with Gasteiger partial charge in [-0.2, -0.15) is 13.2 Å². The number of benzene rings is 2. The quantitative estimate of drug-likeness (QED) is 0.630. The molecule has 2 aromatic carbocycles. The minimum absolute atomic E-state index is 0.0625. The molecular weight excluding hydrogens is 337 g/mol. The van der Waals surface area contributed by atoms with Crippen LogP contribution in [0, 0.1) is 0 Å². The summed E-state index contributed by atoms with van der Waals surface area (Å²) in [5, 5.41) is 8.51. The maximum atomic E-state index is 12.7. The number of carboxylic acid groups (broad SMARTS) is 1. The van der Waals surface area contributed by atoms with Gasteiger partial charge in [-0.15, -0.1) is 0 Å². The first-order chi connectivity index (χ1) is 11.8. The average molecular weight is 350 g/mol. The fraction of sp³-hybridized carbons (Fsp3) is 0.111.